The van der Waals surface area contributed by atoms with Gasteiger partial charge in [-0.05, 0) is 56.8 Å². The van der Waals surface area contributed by atoms with Gasteiger partial charge in [0.2, 0.25) is 5.91 Å². The van der Waals surface area contributed by atoms with Gasteiger partial charge in [-0.3, -0.25) is 4.79 Å². The van der Waals surface area contributed by atoms with E-state index in [0.29, 0.717) is 17.7 Å². The Morgan fingerprint density at radius 1 is 1.07 bits per heavy atom. The summed E-state index contributed by atoms with van der Waals surface area (Å²) >= 11 is 0. The minimum absolute atomic E-state index is 0.305. The standard InChI is InChI=1S/C18H26N2O.C2HF3O2/c1-19-12-9-18(10-13-19)8-5-11-20(15-18)17(21)14-16-6-3-2-4-7-16;3-2(4,5)1(6)7/h2-4,6-7H,5,8-15H2,1H3;(H,6,7). The third-order valence-corrected chi connectivity index (χ3v) is 5.50. The molecule has 0 bridgehead atoms. The summed E-state index contributed by atoms with van der Waals surface area (Å²) in [6, 6.07) is 10.1. The van der Waals surface area contributed by atoms with Crippen molar-refractivity contribution >= 4 is 11.9 Å². The molecule has 8 heteroatoms. The van der Waals surface area contributed by atoms with E-state index in [4.69, 9.17) is 9.90 Å². The number of likely N-dealkylation sites (tertiary alicyclic amines) is 2. The lowest BCUT2D eigenvalue weighted by Crippen LogP contribution is -2.50. The van der Waals surface area contributed by atoms with Gasteiger partial charge in [-0.1, -0.05) is 30.3 Å². The molecule has 2 heterocycles. The number of carbonyl (C=O) groups excluding carboxylic acids is 1. The molecular weight excluding hydrogens is 373 g/mol. The normalized spacial score (nSPS) is 19.6. The Labute approximate surface area is 163 Å². The molecule has 2 aliphatic heterocycles. The molecule has 1 spiro atoms. The lowest BCUT2D eigenvalue weighted by Gasteiger charge is -2.47. The zero-order valence-electron chi connectivity index (χ0n) is 16.0. The third kappa shape index (κ3) is 6.51. The molecule has 1 aromatic rings. The van der Waals surface area contributed by atoms with Crippen LogP contribution < -0.4 is 0 Å². The van der Waals surface area contributed by atoms with Gasteiger partial charge in [0.1, 0.15) is 0 Å². The number of rotatable bonds is 2. The van der Waals surface area contributed by atoms with Crippen LogP contribution in [-0.4, -0.2) is 66.2 Å². The molecule has 156 valence electrons. The van der Waals surface area contributed by atoms with Crippen LogP contribution in [0.2, 0.25) is 0 Å². The number of aliphatic carboxylic acids is 1. The summed E-state index contributed by atoms with van der Waals surface area (Å²) in [5, 5.41) is 7.12. The maximum absolute atomic E-state index is 12.6. The molecule has 5 nitrogen and oxygen atoms in total. The van der Waals surface area contributed by atoms with Gasteiger partial charge >= 0.3 is 12.1 Å². The first-order valence-corrected chi connectivity index (χ1v) is 9.42. The van der Waals surface area contributed by atoms with Gasteiger partial charge in [0, 0.05) is 13.1 Å². The van der Waals surface area contributed by atoms with Crippen molar-refractivity contribution in [3.63, 3.8) is 0 Å². The number of piperidine rings is 2. The van der Waals surface area contributed by atoms with E-state index in [9.17, 15) is 18.0 Å². The van der Waals surface area contributed by atoms with Crippen LogP contribution >= 0.6 is 0 Å². The van der Waals surface area contributed by atoms with Crippen LogP contribution in [0.3, 0.4) is 0 Å². The average Bonchev–Trinajstić information content (AvgIpc) is 2.65. The van der Waals surface area contributed by atoms with Gasteiger partial charge in [-0.2, -0.15) is 13.2 Å². The molecule has 3 rings (SSSR count). The largest absolute Gasteiger partial charge is 0.490 e. The Balaban J connectivity index is 0.000000345. The summed E-state index contributed by atoms with van der Waals surface area (Å²) < 4.78 is 31.7. The topological polar surface area (TPSA) is 60.9 Å². The second-order valence-electron chi connectivity index (χ2n) is 7.69. The highest BCUT2D eigenvalue weighted by Gasteiger charge is 2.39. The van der Waals surface area contributed by atoms with Gasteiger partial charge in [0.05, 0.1) is 6.42 Å². The summed E-state index contributed by atoms with van der Waals surface area (Å²) in [7, 11) is 2.20. The fraction of sp³-hybridized carbons (Fsp3) is 0.600. The maximum atomic E-state index is 12.6. The summed E-state index contributed by atoms with van der Waals surface area (Å²) in [5.41, 5.74) is 1.53. The third-order valence-electron chi connectivity index (χ3n) is 5.50. The Hall–Kier alpha value is -2.09. The van der Waals surface area contributed by atoms with Crippen LogP contribution in [0.4, 0.5) is 13.2 Å². The predicted octanol–water partition coefficient (Wildman–Crippen LogP) is 3.20. The van der Waals surface area contributed by atoms with Crippen molar-refractivity contribution < 1.29 is 27.9 Å². The van der Waals surface area contributed by atoms with E-state index in [1.807, 2.05) is 30.3 Å². The molecule has 2 aliphatic rings. The first kappa shape index (κ1) is 22.2. The van der Waals surface area contributed by atoms with Gasteiger partial charge in [0.15, 0.2) is 0 Å². The Kier molecular flexibility index (Phi) is 7.46. The fourth-order valence-electron chi connectivity index (χ4n) is 3.80. The first-order chi connectivity index (χ1) is 13.1. The fourth-order valence-corrected chi connectivity index (χ4v) is 3.80. The van der Waals surface area contributed by atoms with Crippen molar-refractivity contribution in [3.8, 4) is 0 Å². The van der Waals surface area contributed by atoms with Crippen molar-refractivity contribution in [2.45, 2.75) is 38.3 Å². The molecule has 28 heavy (non-hydrogen) atoms. The van der Waals surface area contributed by atoms with E-state index >= 15 is 0 Å². The average molecular weight is 400 g/mol. The van der Waals surface area contributed by atoms with Crippen LogP contribution in [0.5, 0.6) is 0 Å². The molecule has 0 aromatic heterocycles. The zero-order chi connectivity index (χ0) is 20.8. The number of amides is 1. The predicted molar refractivity (Wildman–Crippen MR) is 98.8 cm³/mol. The first-order valence-electron chi connectivity index (χ1n) is 9.42. The van der Waals surface area contributed by atoms with Crippen LogP contribution in [-0.2, 0) is 16.0 Å². The van der Waals surface area contributed by atoms with Gasteiger partial charge in [0.25, 0.3) is 0 Å². The van der Waals surface area contributed by atoms with Gasteiger partial charge in [-0.25, -0.2) is 4.79 Å². The summed E-state index contributed by atoms with van der Waals surface area (Å²) in [6.45, 7) is 4.29. The van der Waals surface area contributed by atoms with Gasteiger partial charge in [-0.15, -0.1) is 0 Å². The molecule has 2 fully saturated rings. The number of nitrogens with zero attached hydrogens (tertiary/aromatic N) is 2. The number of carbonyl (C=O) groups is 2. The second-order valence-corrected chi connectivity index (χ2v) is 7.69. The molecule has 0 aliphatic carbocycles. The number of carboxylic acids is 1. The molecule has 0 saturated carbocycles. The molecule has 1 amide bonds. The second kappa shape index (κ2) is 9.41. The van der Waals surface area contributed by atoms with Gasteiger partial charge < -0.3 is 14.9 Å². The Morgan fingerprint density at radius 3 is 2.18 bits per heavy atom. The summed E-state index contributed by atoms with van der Waals surface area (Å²) in [6.07, 6.45) is 0.439. The number of carboxylic acid groups (broad SMARTS) is 1. The monoisotopic (exact) mass is 400 g/mol. The molecule has 0 radical (unpaired) electrons. The van der Waals surface area contributed by atoms with E-state index in [0.717, 1.165) is 18.7 Å². The summed E-state index contributed by atoms with van der Waals surface area (Å²) in [4.78, 5) is 26.0. The van der Waals surface area contributed by atoms with Crippen LogP contribution in [0.1, 0.15) is 31.2 Å². The number of benzene rings is 1. The lowest BCUT2D eigenvalue weighted by molar-refractivity contribution is -0.192. The smallest absolute Gasteiger partial charge is 0.475 e. The van der Waals surface area contributed by atoms with Crippen molar-refractivity contribution in [2.24, 2.45) is 5.41 Å². The zero-order valence-corrected chi connectivity index (χ0v) is 16.0. The van der Waals surface area contributed by atoms with E-state index in [-0.39, 0.29) is 0 Å². The number of hydrogen-bond donors (Lipinski definition) is 1. The molecule has 1 N–H and O–H groups in total. The Bertz CT molecular complexity index is 656. The lowest BCUT2D eigenvalue weighted by atomic mass is 9.72. The molecule has 2 saturated heterocycles. The SMILES string of the molecule is CN1CCC2(CCCN(C(=O)Cc3ccccc3)C2)CC1.O=C(O)C(F)(F)F. The van der Waals surface area contributed by atoms with E-state index in [1.54, 1.807) is 0 Å². The highest BCUT2D eigenvalue weighted by molar-refractivity contribution is 5.79. The van der Waals surface area contributed by atoms with Crippen molar-refractivity contribution in [1.29, 1.82) is 0 Å². The summed E-state index contributed by atoms with van der Waals surface area (Å²) in [5.74, 6) is -2.45. The van der Waals surface area contributed by atoms with E-state index in [2.05, 4.69) is 16.8 Å². The van der Waals surface area contributed by atoms with Crippen LogP contribution in [0, 0.1) is 5.41 Å². The van der Waals surface area contributed by atoms with Crippen molar-refractivity contribution in [3.05, 3.63) is 35.9 Å². The maximum Gasteiger partial charge on any atom is 0.490 e. The van der Waals surface area contributed by atoms with E-state index in [1.165, 1.54) is 38.8 Å². The molecule has 1 aromatic carbocycles. The number of alkyl halides is 3. The molecular formula is C20H27F3N2O3. The Morgan fingerprint density at radius 2 is 1.64 bits per heavy atom. The number of hydrogen-bond acceptors (Lipinski definition) is 3. The quantitative estimate of drug-likeness (QED) is 0.828. The van der Waals surface area contributed by atoms with Crippen molar-refractivity contribution in [2.75, 3.05) is 33.2 Å². The highest BCUT2D eigenvalue weighted by Crippen LogP contribution is 2.39. The van der Waals surface area contributed by atoms with Crippen molar-refractivity contribution in [1.82, 2.24) is 9.80 Å². The van der Waals surface area contributed by atoms with Crippen LogP contribution in [0.25, 0.3) is 0 Å². The van der Waals surface area contributed by atoms with Crippen LogP contribution in [0.15, 0.2) is 30.3 Å². The number of halogens is 3. The minimum atomic E-state index is -5.08. The molecule has 0 unspecified atom stereocenters. The minimum Gasteiger partial charge on any atom is -0.475 e. The van der Waals surface area contributed by atoms with E-state index < -0.39 is 12.1 Å². The molecule has 0 atom stereocenters. The highest BCUT2D eigenvalue weighted by atomic mass is 19.4.